The number of aromatic hydroxyl groups is 1. The molecule has 76 valence electrons. The number of hydrogen-bond donors (Lipinski definition) is 2. The predicted molar refractivity (Wildman–Crippen MR) is 59.5 cm³/mol. The van der Waals surface area contributed by atoms with Gasteiger partial charge in [-0.25, -0.2) is 0 Å². The van der Waals surface area contributed by atoms with E-state index in [1.165, 1.54) is 0 Å². The van der Waals surface area contributed by atoms with E-state index < -0.39 is 0 Å². The first-order chi connectivity index (χ1) is 7.29. The Balaban J connectivity index is 2.40. The number of aliphatic hydroxyl groups is 1. The van der Waals surface area contributed by atoms with E-state index in [9.17, 15) is 0 Å². The average Bonchev–Trinajstić information content (AvgIpc) is 2.30. The maximum absolute atomic E-state index is 9.16. The van der Waals surface area contributed by atoms with Crippen molar-refractivity contribution in [3.8, 4) is 16.9 Å². The van der Waals surface area contributed by atoms with Gasteiger partial charge in [-0.15, -0.1) is 0 Å². The van der Waals surface area contributed by atoms with Gasteiger partial charge in [0.1, 0.15) is 5.75 Å². The minimum atomic E-state index is 0.0475. The first-order valence-electron chi connectivity index (χ1n) is 4.79. The summed E-state index contributed by atoms with van der Waals surface area (Å²) in [5.41, 5.74) is 2.96. The maximum Gasteiger partial charge on any atom is 0.115 e. The Hall–Kier alpha value is -1.80. The lowest BCUT2D eigenvalue weighted by Crippen LogP contribution is -1.84. The molecule has 0 atom stereocenters. The average molecular weight is 200 g/mol. The number of rotatable bonds is 2. The summed E-state index contributed by atoms with van der Waals surface area (Å²) in [5, 5.41) is 18.2. The second-order valence-electron chi connectivity index (χ2n) is 3.41. The molecule has 15 heavy (non-hydrogen) atoms. The molecule has 2 aromatic rings. The molecule has 0 unspecified atom stereocenters. The van der Waals surface area contributed by atoms with Crippen LogP contribution in [0, 0.1) is 0 Å². The molecule has 2 N–H and O–H groups in total. The summed E-state index contributed by atoms with van der Waals surface area (Å²) in [5.74, 6) is 0.261. The van der Waals surface area contributed by atoms with Crippen LogP contribution >= 0.6 is 0 Å². The van der Waals surface area contributed by atoms with Gasteiger partial charge < -0.3 is 10.2 Å². The molecule has 0 fully saturated rings. The van der Waals surface area contributed by atoms with Crippen LogP contribution in [0.2, 0.25) is 0 Å². The lowest BCUT2D eigenvalue weighted by molar-refractivity contribution is 0.282. The minimum Gasteiger partial charge on any atom is -0.508 e. The number of aliphatic hydroxyl groups excluding tert-OH is 1. The van der Waals surface area contributed by atoms with Crippen LogP contribution < -0.4 is 0 Å². The van der Waals surface area contributed by atoms with E-state index in [4.69, 9.17) is 10.2 Å². The topological polar surface area (TPSA) is 40.5 Å². The third-order valence-corrected chi connectivity index (χ3v) is 2.31. The highest BCUT2D eigenvalue weighted by molar-refractivity contribution is 5.64. The van der Waals surface area contributed by atoms with Gasteiger partial charge in [0, 0.05) is 0 Å². The van der Waals surface area contributed by atoms with Crippen molar-refractivity contribution in [3.63, 3.8) is 0 Å². The summed E-state index contributed by atoms with van der Waals surface area (Å²) in [6.07, 6.45) is 0. The summed E-state index contributed by atoms with van der Waals surface area (Å²) in [6.45, 7) is 0.0475. The van der Waals surface area contributed by atoms with Gasteiger partial charge in [-0.1, -0.05) is 30.3 Å². The molecule has 0 heterocycles. The Morgan fingerprint density at radius 1 is 0.867 bits per heavy atom. The van der Waals surface area contributed by atoms with Crippen LogP contribution in [0.4, 0.5) is 0 Å². The van der Waals surface area contributed by atoms with E-state index in [-0.39, 0.29) is 12.4 Å². The van der Waals surface area contributed by atoms with Gasteiger partial charge in [-0.3, -0.25) is 0 Å². The predicted octanol–water partition coefficient (Wildman–Crippen LogP) is 2.55. The van der Waals surface area contributed by atoms with Crippen LogP contribution in [-0.4, -0.2) is 10.2 Å². The molecular formula is C13H12O2. The standard InChI is InChI=1S/C13H12O2/c14-9-10-2-1-3-12(8-10)11-4-6-13(15)7-5-11/h1-8,14-15H,9H2. The Morgan fingerprint density at radius 2 is 1.60 bits per heavy atom. The van der Waals surface area contributed by atoms with Crippen LogP contribution in [0.5, 0.6) is 5.75 Å². The Bertz CT molecular complexity index is 446. The summed E-state index contributed by atoms with van der Waals surface area (Å²) in [6, 6.07) is 14.7. The molecular weight excluding hydrogens is 188 g/mol. The van der Waals surface area contributed by atoms with Crippen molar-refractivity contribution in [2.24, 2.45) is 0 Å². The molecule has 0 amide bonds. The maximum atomic E-state index is 9.16. The zero-order chi connectivity index (χ0) is 10.7. The molecule has 0 aliphatic rings. The van der Waals surface area contributed by atoms with Crippen molar-refractivity contribution in [3.05, 3.63) is 54.1 Å². The van der Waals surface area contributed by atoms with E-state index in [1.807, 2.05) is 36.4 Å². The molecule has 0 radical (unpaired) electrons. The normalized spacial score (nSPS) is 10.2. The summed E-state index contributed by atoms with van der Waals surface area (Å²) >= 11 is 0. The van der Waals surface area contributed by atoms with Gasteiger partial charge in [0.2, 0.25) is 0 Å². The van der Waals surface area contributed by atoms with Crippen LogP contribution in [-0.2, 0) is 6.61 Å². The van der Waals surface area contributed by atoms with Crippen LogP contribution in [0.3, 0.4) is 0 Å². The van der Waals surface area contributed by atoms with Crippen molar-refractivity contribution >= 4 is 0 Å². The smallest absolute Gasteiger partial charge is 0.115 e. The number of phenols is 1. The molecule has 2 heteroatoms. The second kappa shape index (κ2) is 4.15. The van der Waals surface area contributed by atoms with Crippen LogP contribution in [0.1, 0.15) is 5.56 Å². The molecule has 0 aromatic heterocycles. The third-order valence-electron chi connectivity index (χ3n) is 2.31. The molecule has 0 bridgehead atoms. The number of hydrogen-bond acceptors (Lipinski definition) is 2. The van der Waals surface area contributed by atoms with Crippen molar-refractivity contribution in [2.45, 2.75) is 6.61 Å². The van der Waals surface area contributed by atoms with E-state index in [0.717, 1.165) is 16.7 Å². The molecule has 0 spiro atoms. The summed E-state index contributed by atoms with van der Waals surface area (Å²) < 4.78 is 0. The van der Waals surface area contributed by atoms with E-state index in [2.05, 4.69) is 0 Å². The molecule has 0 saturated carbocycles. The van der Waals surface area contributed by atoms with Crippen molar-refractivity contribution < 1.29 is 10.2 Å². The highest BCUT2D eigenvalue weighted by Gasteiger charge is 1.98. The van der Waals surface area contributed by atoms with Gasteiger partial charge in [0.25, 0.3) is 0 Å². The van der Waals surface area contributed by atoms with Gasteiger partial charge >= 0.3 is 0 Å². The second-order valence-corrected chi connectivity index (χ2v) is 3.41. The number of phenolic OH excluding ortho intramolecular Hbond substituents is 1. The van der Waals surface area contributed by atoms with Crippen molar-refractivity contribution in [2.75, 3.05) is 0 Å². The van der Waals surface area contributed by atoms with Gasteiger partial charge in [0.15, 0.2) is 0 Å². The lowest BCUT2D eigenvalue weighted by atomic mass is 10.0. The van der Waals surface area contributed by atoms with Gasteiger partial charge in [-0.05, 0) is 34.9 Å². The molecule has 0 aliphatic carbocycles. The SMILES string of the molecule is OCc1cccc(-c2ccc(O)cc2)c1. The Labute approximate surface area is 88.4 Å². The minimum absolute atomic E-state index is 0.0475. The zero-order valence-electron chi connectivity index (χ0n) is 8.22. The summed E-state index contributed by atoms with van der Waals surface area (Å²) in [4.78, 5) is 0. The van der Waals surface area contributed by atoms with Gasteiger partial charge in [-0.2, -0.15) is 0 Å². The third kappa shape index (κ3) is 2.17. The Morgan fingerprint density at radius 3 is 2.27 bits per heavy atom. The van der Waals surface area contributed by atoms with Gasteiger partial charge in [0.05, 0.1) is 6.61 Å². The monoisotopic (exact) mass is 200 g/mol. The summed E-state index contributed by atoms with van der Waals surface area (Å²) in [7, 11) is 0. The van der Waals surface area contributed by atoms with E-state index in [1.54, 1.807) is 12.1 Å². The largest absolute Gasteiger partial charge is 0.508 e. The first kappa shape index (κ1) is 9.74. The highest BCUT2D eigenvalue weighted by Crippen LogP contribution is 2.22. The quantitative estimate of drug-likeness (QED) is 0.782. The molecule has 0 aliphatic heterocycles. The molecule has 0 saturated heterocycles. The van der Waals surface area contributed by atoms with Crippen molar-refractivity contribution in [1.82, 2.24) is 0 Å². The number of benzene rings is 2. The van der Waals surface area contributed by atoms with Crippen molar-refractivity contribution in [1.29, 1.82) is 0 Å². The fourth-order valence-electron chi connectivity index (χ4n) is 1.50. The first-order valence-corrected chi connectivity index (χ1v) is 4.79. The van der Waals surface area contributed by atoms with Crippen LogP contribution in [0.25, 0.3) is 11.1 Å². The van der Waals surface area contributed by atoms with E-state index in [0.29, 0.717) is 0 Å². The molecule has 2 nitrogen and oxygen atoms in total. The highest BCUT2D eigenvalue weighted by atomic mass is 16.3. The fourth-order valence-corrected chi connectivity index (χ4v) is 1.50. The zero-order valence-corrected chi connectivity index (χ0v) is 8.22. The Kier molecular flexibility index (Phi) is 2.70. The lowest BCUT2D eigenvalue weighted by Gasteiger charge is -2.03. The van der Waals surface area contributed by atoms with E-state index >= 15 is 0 Å². The fraction of sp³-hybridized carbons (Fsp3) is 0.0769. The molecule has 2 rings (SSSR count). The van der Waals surface area contributed by atoms with Crippen LogP contribution in [0.15, 0.2) is 48.5 Å². The molecule has 2 aromatic carbocycles.